The van der Waals surface area contributed by atoms with Crippen LogP contribution in [0.25, 0.3) is 0 Å². The molecule has 0 radical (unpaired) electrons. The van der Waals surface area contributed by atoms with Gasteiger partial charge in [0.05, 0.1) is 6.10 Å². The molecule has 19 heavy (non-hydrogen) atoms. The van der Waals surface area contributed by atoms with Gasteiger partial charge in [-0.05, 0) is 61.8 Å². The van der Waals surface area contributed by atoms with Gasteiger partial charge in [0.25, 0.3) is 0 Å². The molecule has 0 spiro atoms. The van der Waals surface area contributed by atoms with Gasteiger partial charge in [0.1, 0.15) is 5.75 Å². The smallest absolute Gasteiger partial charge is 0.119 e. The summed E-state index contributed by atoms with van der Waals surface area (Å²) in [6.45, 7) is 5.72. The first-order valence-corrected chi connectivity index (χ1v) is 7.71. The van der Waals surface area contributed by atoms with Gasteiger partial charge in [-0.2, -0.15) is 0 Å². The van der Waals surface area contributed by atoms with E-state index in [-0.39, 0.29) is 0 Å². The van der Waals surface area contributed by atoms with Gasteiger partial charge in [0.2, 0.25) is 0 Å². The maximum atomic E-state index is 5.82. The predicted molar refractivity (Wildman–Crippen MR) is 78.5 cm³/mol. The molecule has 2 aliphatic rings. The quantitative estimate of drug-likeness (QED) is 0.797. The first-order valence-electron chi connectivity index (χ1n) is 7.71. The molecule has 1 aromatic rings. The molecule has 0 amide bonds. The molecule has 1 atom stereocenters. The van der Waals surface area contributed by atoms with Crippen molar-refractivity contribution in [3.05, 3.63) is 29.8 Å². The van der Waals surface area contributed by atoms with Gasteiger partial charge in [-0.25, -0.2) is 0 Å². The lowest BCUT2D eigenvalue weighted by Gasteiger charge is -2.25. The van der Waals surface area contributed by atoms with E-state index in [0.717, 1.165) is 12.3 Å². The van der Waals surface area contributed by atoms with E-state index in [1.807, 2.05) is 0 Å². The van der Waals surface area contributed by atoms with Crippen molar-refractivity contribution in [1.82, 2.24) is 5.32 Å². The lowest BCUT2D eigenvalue weighted by atomic mass is 9.91. The van der Waals surface area contributed by atoms with E-state index in [4.69, 9.17) is 4.74 Å². The lowest BCUT2D eigenvalue weighted by molar-refractivity contribution is 0.302. The molecule has 1 unspecified atom stereocenters. The van der Waals surface area contributed by atoms with Gasteiger partial charge in [-0.3, -0.25) is 0 Å². The number of hydrogen-bond acceptors (Lipinski definition) is 2. The number of nitrogens with one attached hydrogen (secondary N) is 1. The van der Waals surface area contributed by atoms with Crippen molar-refractivity contribution in [3.8, 4) is 5.75 Å². The molecule has 0 aliphatic heterocycles. The second-order valence-electron chi connectivity index (χ2n) is 6.43. The van der Waals surface area contributed by atoms with Crippen molar-refractivity contribution in [3.63, 3.8) is 0 Å². The highest BCUT2D eigenvalue weighted by atomic mass is 16.5. The first-order chi connectivity index (χ1) is 9.21. The van der Waals surface area contributed by atoms with Crippen LogP contribution in [-0.2, 0) is 0 Å². The van der Waals surface area contributed by atoms with E-state index in [1.165, 1.54) is 37.7 Å². The van der Waals surface area contributed by atoms with E-state index in [2.05, 4.69) is 43.4 Å². The van der Waals surface area contributed by atoms with Crippen LogP contribution in [0.2, 0.25) is 0 Å². The Morgan fingerprint density at radius 1 is 1.26 bits per heavy atom. The normalized spacial score (nSPS) is 22.0. The SMILES string of the molecule is CCCNC(c1ccc(OC2CC2)cc1)C1(C)CC1. The van der Waals surface area contributed by atoms with Crippen LogP contribution in [0.1, 0.15) is 57.6 Å². The van der Waals surface area contributed by atoms with Crippen LogP contribution < -0.4 is 10.1 Å². The van der Waals surface area contributed by atoms with Crippen molar-refractivity contribution in [2.24, 2.45) is 5.41 Å². The monoisotopic (exact) mass is 259 g/mol. The van der Waals surface area contributed by atoms with Gasteiger partial charge < -0.3 is 10.1 Å². The van der Waals surface area contributed by atoms with Gasteiger partial charge in [0.15, 0.2) is 0 Å². The van der Waals surface area contributed by atoms with Gasteiger partial charge in [-0.15, -0.1) is 0 Å². The predicted octanol–water partition coefficient (Wildman–Crippen LogP) is 4.07. The molecular formula is C17H25NO. The fraction of sp³-hybridized carbons (Fsp3) is 0.647. The number of ether oxygens (including phenoxy) is 1. The number of hydrogen-bond donors (Lipinski definition) is 1. The molecule has 0 saturated heterocycles. The lowest BCUT2D eigenvalue weighted by Crippen LogP contribution is -2.28. The second-order valence-corrected chi connectivity index (χ2v) is 6.43. The van der Waals surface area contributed by atoms with Gasteiger partial charge >= 0.3 is 0 Å². The minimum absolute atomic E-state index is 0.466. The minimum atomic E-state index is 0.466. The maximum absolute atomic E-state index is 5.82. The fourth-order valence-electron chi connectivity index (χ4n) is 2.66. The molecule has 1 N–H and O–H groups in total. The van der Waals surface area contributed by atoms with Crippen LogP contribution >= 0.6 is 0 Å². The van der Waals surface area contributed by atoms with Crippen LogP contribution in [0.5, 0.6) is 5.75 Å². The zero-order valence-electron chi connectivity index (χ0n) is 12.1. The third-order valence-electron chi connectivity index (χ3n) is 4.37. The standard InChI is InChI=1S/C17H25NO/c1-3-12-18-16(17(2)10-11-17)13-4-6-14(7-5-13)19-15-8-9-15/h4-7,15-16,18H,3,8-12H2,1-2H3. The first kappa shape index (κ1) is 13.0. The van der Waals surface area contributed by atoms with Crippen molar-refractivity contribution in [2.45, 2.75) is 58.1 Å². The third kappa shape index (κ3) is 3.11. The van der Waals surface area contributed by atoms with E-state index >= 15 is 0 Å². The van der Waals surface area contributed by atoms with Crippen molar-refractivity contribution < 1.29 is 4.74 Å². The Labute approximate surface area is 116 Å². The minimum Gasteiger partial charge on any atom is -0.490 e. The van der Waals surface area contributed by atoms with E-state index in [9.17, 15) is 0 Å². The zero-order valence-corrected chi connectivity index (χ0v) is 12.1. The Hall–Kier alpha value is -1.02. The van der Waals surface area contributed by atoms with Crippen molar-refractivity contribution in [1.29, 1.82) is 0 Å². The second kappa shape index (κ2) is 5.16. The maximum Gasteiger partial charge on any atom is 0.119 e. The van der Waals surface area contributed by atoms with Crippen LogP contribution in [0.3, 0.4) is 0 Å². The average Bonchev–Trinajstić information content (AvgIpc) is 3.32. The Morgan fingerprint density at radius 3 is 2.47 bits per heavy atom. The fourth-order valence-corrected chi connectivity index (χ4v) is 2.66. The molecule has 3 rings (SSSR count). The van der Waals surface area contributed by atoms with Crippen molar-refractivity contribution >= 4 is 0 Å². The molecule has 1 aromatic carbocycles. The highest BCUT2D eigenvalue weighted by Gasteiger charge is 2.45. The molecule has 2 saturated carbocycles. The summed E-state index contributed by atoms with van der Waals surface area (Å²) >= 11 is 0. The summed E-state index contributed by atoms with van der Waals surface area (Å²) in [6, 6.07) is 9.27. The van der Waals surface area contributed by atoms with Crippen LogP contribution in [0, 0.1) is 5.41 Å². The topological polar surface area (TPSA) is 21.3 Å². The molecule has 0 bridgehead atoms. The Balaban J connectivity index is 1.70. The number of benzene rings is 1. The molecule has 0 heterocycles. The largest absolute Gasteiger partial charge is 0.490 e. The zero-order chi connectivity index (χ0) is 13.3. The highest BCUT2D eigenvalue weighted by molar-refractivity contribution is 5.31. The third-order valence-corrected chi connectivity index (χ3v) is 4.37. The molecular weight excluding hydrogens is 234 g/mol. The van der Waals surface area contributed by atoms with E-state index in [0.29, 0.717) is 17.6 Å². The van der Waals surface area contributed by atoms with Crippen LogP contribution in [-0.4, -0.2) is 12.6 Å². The van der Waals surface area contributed by atoms with E-state index in [1.54, 1.807) is 0 Å². The molecule has 2 aliphatic carbocycles. The van der Waals surface area contributed by atoms with Gasteiger partial charge in [0, 0.05) is 6.04 Å². The Kier molecular flexibility index (Phi) is 3.53. The van der Waals surface area contributed by atoms with Crippen molar-refractivity contribution in [2.75, 3.05) is 6.54 Å². The molecule has 2 nitrogen and oxygen atoms in total. The summed E-state index contributed by atoms with van der Waals surface area (Å²) < 4.78 is 5.82. The summed E-state index contributed by atoms with van der Waals surface area (Å²) in [5, 5.41) is 3.72. The van der Waals surface area contributed by atoms with Gasteiger partial charge in [-0.1, -0.05) is 26.0 Å². The summed E-state index contributed by atoms with van der Waals surface area (Å²) in [7, 11) is 0. The summed E-state index contributed by atoms with van der Waals surface area (Å²) in [5.41, 5.74) is 1.88. The summed E-state index contributed by atoms with van der Waals surface area (Å²) in [6.07, 6.45) is 6.81. The average molecular weight is 259 g/mol. The highest BCUT2D eigenvalue weighted by Crippen LogP contribution is 2.54. The van der Waals surface area contributed by atoms with Crippen LogP contribution in [0.15, 0.2) is 24.3 Å². The van der Waals surface area contributed by atoms with E-state index < -0.39 is 0 Å². The summed E-state index contributed by atoms with van der Waals surface area (Å²) in [4.78, 5) is 0. The Bertz CT molecular complexity index is 417. The Morgan fingerprint density at radius 2 is 1.95 bits per heavy atom. The molecule has 2 heteroatoms. The number of rotatable bonds is 7. The molecule has 2 fully saturated rings. The molecule has 0 aromatic heterocycles. The summed E-state index contributed by atoms with van der Waals surface area (Å²) in [5.74, 6) is 1.03. The van der Waals surface area contributed by atoms with Crippen LogP contribution in [0.4, 0.5) is 0 Å². The molecule has 104 valence electrons.